The quantitative estimate of drug-likeness (QED) is 0.609. The predicted molar refractivity (Wildman–Crippen MR) is 121 cm³/mol. The van der Waals surface area contributed by atoms with E-state index in [0.717, 1.165) is 19.3 Å². The molecule has 0 aromatic rings. The molecule has 0 heterocycles. The Balaban J connectivity index is 1.90. The van der Waals surface area contributed by atoms with Crippen molar-refractivity contribution in [3.63, 3.8) is 0 Å². The van der Waals surface area contributed by atoms with Crippen LogP contribution in [-0.4, -0.2) is 25.0 Å². The number of methoxy groups -OCH3 is 1. The lowest BCUT2D eigenvalue weighted by Crippen LogP contribution is -2.58. The Morgan fingerprint density at radius 1 is 1.17 bits per heavy atom. The van der Waals surface area contributed by atoms with E-state index in [4.69, 9.17) is 4.74 Å². The number of nitrogens with one attached hydrogen (secondary N) is 1. The number of rotatable bonds is 5. The highest BCUT2D eigenvalue weighted by Gasteiger charge is 2.57. The van der Waals surface area contributed by atoms with Gasteiger partial charge >= 0.3 is 5.97 Å². The molecule has 3 rings (SSSR count). The summed E-state index contributed by atoms with van der Waals surface area (Å²) in [4.78, 5) is 25.8. The first kappa shape index (κ1) is 23.1. The van der Waals surface area contributed by atoms with Crippen molar-refractivity contribution in [2.75, 3.05) is 7.11 Å². The molecule has 0 aliphatic heterocycles. The predicted octanol–water partition coefficient (Wildman–Crippen LogP) is 5.44. The van der Waals surface area contributed by atoms with Crippen LogP contribution in [0.25, 0.3) is 0 Å². The standard InChI is InChI=1S/C26H41NO3/c1-16(2)18-9-11-20-19(15-18)10-12-21-25(20,5)13-8-14-26(21,6)24(29)27-22(17(3)4)23(28)30-7/h10,15-17,20-22H,8-9,11-14H2,1-7H3,(H,27,29)/t20-,21+,22-,25+,26+/m0/s1. The summed E-state index contributed by atoms with van der Waals surface area (Å²) in [5, 5.41) is 3.08. The Bertz CT molecular complexity index is 749. The van der Waals surface area contributed by atoms with Gasteiger partial charge < -0.3 is 10.1 Å². The largest absolute Gasteiger partial charge is 0.467 e. The van der Waals surface area contributed by atoms with Gasteiger partial charge in [0.15, 0.2) is 0 Å². The second-order valence-corrected chi connectivity index (χ2v) is 11.0. The monoisotopic (exact) mass is 415 g/mol. The molecule has 3 aliphatic carbocycles. The van der Waals surface area contributed by atoms with E-state index in [1.54, 1.807) is 5.57 Å². The van der Waals surface area contributed by atoms with Crippen LogP contribution in [0.4, 0.5) is 0 Å². The second-order valence-electron chi connectivity index (χ2n) is 11.0. The Kier molecular flexibility index (Phi) is 6.55. The number of carbonyl (C=O) groups is 2. The Morgan fingerprint density at radius 3 is 2.47 bits per heavy atom. The summed E-state index contributed by atoms with van der Waals surface area (Å²) >= 11 is 0. The first-order chi connectivity index (χ1) is 14.0. The van der Waals surface area contributed by atoms with Crippen molar-refractivity contribution >= 4 is 11.9 Å². The molecule has 1 N–H and O–H groups in total. The summed E-state index contributed by atoms with van der Waals surface area (Å²) in [5.41, 5.74) is 2.74. The molecule has 1 saturated carbocycles. The fraction of sp³-hybridized carbons (Fsp3) is 0.769. The van der Waals surface area contributed by atoms with Crippen LogP contribution >= 0.6 is 0 Å². The van der Waals surface area contributed by atoms with Crippen LogP contribution in [0.15, 0.2) is 23.3 Å². The van der Waals surface area contributed by atoms with Gasteiger partial charge in [0.1, 0.15) is 6.04 Å². The van der Waals surface area contributed by atoms with E-state index >= 15 is 0 Å². The molecule has 168 valence electrons. The van der Waals surface area contributed by atoms with Crippen LogP contribution in [-0.2, 0) is 14.3 Å². The minimum Gasteiger partial charge on any atom is -0.467 e. The van der Waals surface area contributed by atoms with Gasteiger partial charge in [0, 0.05) is 0 Å². The first-order valence-electron chi connectivity index (χ1n) is 11.8. The molecular weight excluding hydrogens is 374 g/mol. The second kappa shape index (κ2) is 8.51. The van der Waals surface area contributed by atoms with Crippen LogP contribution in [0, 0.1) is 34.5 Å². The highest BCUT2D eigenvalue weighted by atomic mass is 16.5. The molecule has 0 unspecified atom stereocenters. The molecule has 3 aliphatic rings. The fourth-order valence-corrected chi connectivity index (χ4v) is 6.55. The van der Waals surface area contributed by atoms with E-state index in [1.807, 2.05) is 13.8 Å². The van der Waals surface area contributed by atoms with Crippen molar-refractivity contribution in [3.05, 3.63) is 23.3 Å². The number of hydrogen-bond donors (Lipinski definition) is 1. The zero-order chi connectivity index (χ0) is 22.3. The van der Waals surface area contributed by atoms with Gasteiger partial charge in [-0.2, -0.15) is 0 Å². The van der Waals surface area contributed by atoms with Crippen LogP contribution in [0.3, 0.4) is 0 Å². The van der Waals surface area contributed by atoms with Gasteiger partial charge in [-0.25, -0.2) is 4.79 Å². The molecule has 0 aromatic carbocycles. The van der Waals surface area contributed by atoms with Crippen LogP contribution in [0.5, 0.6) is 0 Å². The lowest BCUT2D eigenvalue weighted by atomic mass is 9.46. The van der Waals surface area contributed by atoms with Crippen molar-refractivity contribution in [2.45, 2.75) is 86.1 Å². The average molecular weight is 416 g/mol. The van der Waals surface area contributed by atoms with Gasteiger partial charge in [-0.3, -0.25) is 4.79 Å². The van der Waals surface area contributed by atoms with Gasteiger partial charge in [-0.15, -0.1) is 0 Å². The molecule has 1 amide bonds. The topological polar surface area (TPSA) is 55.4 Å². The maximum atomic E-state index is 13.6. The van der Waals surface area contributed by atoms with Crippen LogP contribution in [0.1, 0.15) is 80.1 Å². The third kappa shape index (κ3) is 3.87. The number of esters is 1. The zero-order valence-electron chi connectivity index (χ0n) is 20.0. The van der Waals surface area contributed by atoms with Crippen molar-refractivity contribution in [1.29, 1.82) is 0 Å². The van der Waals surface area contributed by atoms with Gasteiger partial charge in [-0.1, -0.05) is 65.7 Å². The average Bonchev–Trinajstić information content (AvgIpc) is 2.70. The normalized spacial score (nSPS) is 34.4. The number of allylic oxidation sites excluding steroid dienone is 4. The molecule has 0 spiro atoms. The summed E-state index contributed by atoms with van der Waals surface area (Å²) < 4.78 is 4.95. The molecule has 1 fully saturated rings. The van der Waals surface area contributed by atoms with E-state index < -0.39 is 11.5 Å². The third-order valence-corrected chi connectivity index (χ3v) is 8.51. The number of ether oxygens (including phenoxy) is 1. The molecule has 0 bridgehead atoms. The number of amides is 1. The molecule has 5 atom stereocenters. The van der Waals surface area contributed by atoms with Crippen LogP contribution < -0.4 is 5.32 Å². The smallest absolute Gasteiger partial charge is 0.328 e. The highest BCUT2D eigenvalue weighted by molar-refractivity contribution is 5.88. The van der Waals surface area contributed by atoms with Crippen LogP contribution in [0.2, 0.25) is 0 Å². The van der Waals surface area contributed by atoms with Gasteiger partial charge in [0.2, 0.25) is 5.91 Å². The van der Waals surface area contributed by atoms with Gasteiger partial charge in [-0.05, 0) is 66.8 Å². The summed E-state index contributed by atoms with van der Waals surface area (Å²) in [7, 11) is 1.39. The summed E-state index contributed by atoms with van der Waals surface area (Å²) in [5.74, 6) is 1.10. The molecule has 30 heavy (non-hydrogen) atoms. The zero-order valence-corrected chi connectivity index (χ0v) is 20.0. The Hall–Kier alpha value is -1.58. The molecule has 0 radical (unpaired) electrons. The molecule has 4 heteroatoms. The van der Waals surface area contributed by atoms with E-state index in [0.29, 0.717) is 17.8 Å². The number of fused-ring (bicyclic) bond motifs is 3. The summed E-state index contributed by atoms with van der Waals surface area (Å²) in [6, 6.07) is -0.589. The Morgan fingerprint density at radius 2 is 1.87 bits per heavy atom. The van der Waals surface area contributed by atoms with Crippen molar-refractivity contribution < 1.29 is 14.3 Å². The summed E-state index contributed by atoms with van der Waals surface area (Å²) in [6.07, 6.45) is 11.3. The summed E-state index contributed by atoms with van der Waals surface area (Å²) in [6.45, 7) is 13.0. The van der Waals surface area contributed by atoms with Crippen molar-refractivity contribution in [1.82, 2.24) is 5.32 Å². The van der Waals surface area contributed by atoms with Gasteiger partial charge in [0.05, 0.1) is 12.5 Å². The maximum Gasteiger partial charge on any atom is 0.328 e. The lowest BCUT2D eigenvalue weighted by Gasteiger charge is -2.57. The van der Waals surface area contributed by atoms with E-state index in [2.05, 4.69) is 45.2 Å². The molecular formula is C26H41NO3. The van der Waals surface area contributed by atoms with E-state index in [9.17, 15) is 9.59 Å². The fourth-order valence-electron chi connectivity index (χ4n) is 6.55. The lowest BCUT2D eigenvalue weighted by molar-refractivity contribution is -0.152. The Labute approximate surface area is 182 Å². The minimum absolute atomic E-state index is 0.00392. The third-order valence-electron chi connectivity index (χ3n) is 8.51. The van der Waals surface area contributed by atoms with E-state index in [1.165, 1.54) is 31.9 Å². The van der Waals surface area contributed by atoms with Crippen molar-refractivity contribution in [3.8, 4) is 0 Å². The SMILES string of the molecule is COC(=O)[C@@H](NC(=O)[C@]1(C)CCC[C@@]2(C)[C@H]1CC=C1C=C(C(C)C)CC[C@@H]12)C(C)C. The van der Waals surface area contributed by atoms with Gasteiger partial charge in [0.25, 0.3) is 0 Å². The highest BCUT2D eigenvalue weighted by Crippen LogP contribution is 2.62. The van der Waals surface area contributed by atoms with Crippen molar-refractivity contribution in [2.24, 2.45) is 34.5 Å². The molecule has 4 nitrogen and oxygen atoms in total. The number of carbonyl (C=O) groups excluding carboxylic acids is 2. The maximum absolute atomic E-state index is 13.6. The van der Waals surface area contributed by atoms with E-state index in [-0.39, 0.29) is 23.2 Å². The number of hydrogen-bond acceptors (Lipinski definition) is 3. The molecule has 0 aromatic heterocycles. The minimum atomic E-state index is -0.589. The first-order valence-corrected chi connectivity index (χ1v) is 11.8. The molecule has 0 saturated heterocycles.